The molecule has 1 fully saturated rings. The van der Waals surface area contributed by atoms with Gasteiger partial charge in [-0.1, -0.05) is 61.5 Å². The number of amides is 1. The quantitative estimate of drug-likeness (QED) is 0.200. The zero-order chi connectivity index (χ0) is 25.9. The maximum atomic E-state index is 13.5. The Morgan fingerprint density at radius 3 is 2.46 bits per heavy atom. The summed E-state index contributed by atoms with van der Waals surface area (Å²) in [5.74, 6) is -1.16. The summed E-state index contributed by atoms with van der Waals surface area (Å²) < 4.78 is 5.82. The van der Waals surface area contributed by atoms with E-state index in [0.717, 1.165) is 17.2 Å². The number of Topliss-reactive ketones (excluding diaryl/α,β-unsaturated/α-hetero) is 1. The van der Waals surface area contributed by atoms with Crippen molar-refractivity contribution >= 4 is 33.9 Å². The molecule has 0 saturated carbocycles. The van der Waals surface area contributed by atoms with Crippen molar-refractivity contribution in [2.24, 2.45) is 0 Å². The van der Waals surface area contributed by atoms with Gasteiger partial charge in [-0.05, 0) is 59.2 Å². The largest absolute Gasteiger partial charge is 0.507 e. The molecule has 1 N–H and O–H groups in total. The minimum Gasteiger partial charge on any atom is -0.507 e. The van der Waals surface area contributed by atoms with E-state index in [1.54, 1.807) is 42.5 Å². The number of benzene rings is 4. The molecule has 1 amide bonds. The van der Waals surface area contributed by atoms with Gasteiger partial charge in [-0.15, -0.1) is 0 Å². The van der Waals surface area contributed by atoms with Gasteiger partial charge in [-0.2, -0.15) is 5.26 Å². The number of carbonyl (C=O) groups is 2. The topological polar surface area (TPSA) is 90.6 Å². The molecule has 1 aliphatic heterocycles. The molecule has 182 valence electrons. The van der Waals surface area contributed by atoms with Crippen LogP contribution in [-0.2, 0) is 9.59 Å². The standard InChI is InChI=1S/C31H24N2O4/c1-2-17-37-24-10-5-9-22(18-24)28-27(29(34)26-12-6-8-21-7-3-4-11-25(21)26)30(35)31(36)33(28)23-15-13-20(19-32)14-16-23/h3-16,18,28,34H,2,17H2,1H3/b29-27-. The maximum Gasteiger partial charge on any atom is 0.300 e. The smallest absolute Gasteiger partial charge is 0.300 e. The molecule has 0 radical (unpaired) electrons. The summed E-state index contributed by atoms with van der Waals surface area (Å²) in [6.07, 6.45) is 0.828. The van der Waals surface area contributed by atoms with Crippen LogP contribution in [0.25, 0.3) is 16.5 Å². The van der Waals surface area contributed by atoms with Crippen LogP contribution in [-0.4, -0.2) is 23.4 Å². The molecule has 6 heteroatoms. The highest BCUT2D eigenvalue weighted by Crippen LogP contribution is 2.43. The fraction of sp³-hybridized carbons (Fsp3) is 0.129. The lowest BCUT2D eigenvalue weighted by Crippen LogP contribution is -2.29. The van der Waals surface area contributed by atoms with Gasteiger partial charge in [0.1, 0.15) is 11.5 Å². The zero-order valence-electron chi connectivity index (χ0n) is 20.2. The Hall–Kier alpha value is -4.89. The molecule has 4 aromatic carbocycles. The van der Waals surface area contributed by atoms with Crippen LogP contribution in [0.15, 0.2) is 96.6 Å². The molecular formula is C31H24N2O4. The summed E-state index contributed by atoms with van der Waals surface area (Å²) in [6.45, 7) is 2.53. The summed E-state index contributed by atoms with van der Waals surface area (Å²) in [7, 11) is 0. The fourth-order valence-electron chi connectivity index (χ4n) is 4.68. The van der Waals surface area contributed by atoms with Gasteiger partial charge in [0.25, 0.3) is 11.7 Å². The van der Waals surface area contributed by atoms with Gasteiger partial charge in [-0.25, -0.2) is 0 Å². The van der Waals surface area contributed by atoms with Crippen LogP contribution in [0.4, 0.5) is 5.69 Å². The molecule has 1 saturated heterocycles. The SMILES string of the molecule is CCCOc1cccc(C2/C(=C(/O)c3cccc4ccccc34)C(=O)C(=O)N2c2ccc(C#N)cc2)c1. The predicted molar refractivity (Wildman–Crippen MR) is 142 cm³/mol. The number of nitriles is 1. The van der Waals surface area contributed by atoms with Gasteiger partial charge in [0.2, 0.25) is 0 Å². The summed E-state index contributed by atoms with van der Waals surface area (Å²) in [6, 6.07) is 27.9. The Morgan fingerprint density at radius 2 is 1.70 bits per heavy atom. The first kappa shape index (κ1) is 23.8. The molecule has 1 heterocycles. The van der Waals surface area contributed by atoms with Crippen molar-refractivity contribution < 1.29 is 19.4 Å². The van der Waals surface area contributed by atoms with Crippen molar-refractivity contribution in [2.75, 3.05) is 11.5 Å². The van der Waals surface area contributed by atoms with Gasteiger partial charge in [0.15, 0.2) is 0 Å². The molecule has 37 heavy (non-hydrogen) atoms. The number of rotatable bonds is 6. The number of anilines is 1. The van der Waals surface area contributed by atoms with Crippen molar-refractivity contribution in [1.29, 1.82) is 5.26 Å². The number of aliphatic hydroxyl groups excluding tert-OH is 1. The van der Waals surface area contributed by atoms with E-state index in [4.69, 9.17) is 4.74 Å². The summed E-state index contributed by atoms with van der Waals surface area (Å²) >= 11 is 0. The second-order valence-corrected chi connectivity index (χ2v) is 8.78. The van der Waals surface area contributed by atoms with Gasteiger partial charge in [0, 0.05) is 11.3 Å². The highest BCUT2D eigenvalue weighted by atomic mass is 16.5. The third-order valence-corrected chi connectivity index (χ3v) is 6.41. The number of hydrogen-bond acceptors (Lipinski definition) is 5. The first-order chi connectivity index (χ1) is 18.0. The van der Waals surface area contributed by atoms with E-state index in [0.29, 0.717) is 34.7 Å². The first-order valence-electron chi connectivity index (χ1n) is 12.1. The third kappa shape index (κ3) is 4.32. The van der Waals surface area contributed by atoms with Gasteiger partial charge < -0.3 is 9.84 Å². The summed E-state index contributed by atoms with van der Waals surface area (Å²) in [4.78, 5) is 28.3. The predicted octanol–water partition coefficient (Wildman–Crippen LogP) is 6.13. The number of fused-ring (bicyclic) bond motifs is 1. The lowest BCUT2D eigenvalue weighted by Gasteiger charge is -2.26. The third-order valence-electron chi connectivity index (χ3n) is 6.41. The van der Waals surface area contributed by atoms with Crippen LogP contribution < -0.4 is 9.64 Å². The molecule has 0 aromatic heterocycles. The highest BCUT2D eigenvalue weighted by Gasteiger charge is 2.47. The van der Waals surface area contributed by atoms with Gasteiger partial charge in [0.05, 0.1) is 29.9 Å². The average Bonchev–Trinajstić information content (AvgIpc) is 3.21. The normalized spacial score (nSPS) is 16.6. The average molecular weight is 489 g/mol. The molecule has 0 aliphatic carbocycles. The second-order valence-electron chi connectivity index (χ2n) is 8.78. The number of ketones is 1. The number of aliphatic hydroxyl groups is 1. The minimum absolute atomic E-state index is 0.00152. The monoisotopic (exact) mass is 488 g/mol. The lowest BCUT2D eigenvalue weighted by molar-refractivity contribution is -0.132. The zero-order valence-corrected chi connectivity index (χ0v) is 20.2. The van der Waals surface area contributed by atoms with E-state index in [2.05, 4.69) is 6.07 Å². The van der Waals surface area contributed by atoms with E-state index >= 15 is 0 Å². The lowest BCUT2D eigenvalue weighted by atomic mass is 9.93. The fourth-order valence-corrected chi connectivity index (χ4v) is 4.68. The van der Waals surface area contributed by atoms with Crippen molar-refractivity contribution in [3.8, 4) is 11.8 Å². The molecule has 0 spiro atoms. The highest BCUT2D eigenvalue weighted by molar-refractivity contribution is 6.51. The number of carbonyl (C=O) groups excluding carboxylic acids is 2. The first-order valence-corrected chi connectivity index (χ1v) is 12.1. The van der Waals surface area contributed by atoms with Crippen LogP contribution in [0, 0.1) is 11.3 Å². The van der Waals surface area contributed by atoms with E-state index in [1.807, 2.05) is 55.5 Å². The molecule has 0 bridgehead atoms. The van der Waals surface area contributed by atoms with Crippen LogP contribution in [0.3, 0.4) is 0 Å². The number of hydrogen-bond donors (Lipinski definition) is 1. The van der Waals surface area contributed by atoms with Gasteiger partial charge >= 0.3 is 0 Å². The van der Waals surface area contributed by atoms with E-state index in [9.17, 15) is 20.0 Å². The molecule has 5 rings (SSSR count). The van der Waals surface area contributed by atoms with Crippen molar-refractivity contribution in [2.45, 2.75) is 19.4 Å². The minimum atomic E-state index is -0.892. The second kappa shape index (κ2) is 10.00. The van der Waals surface area contributed by atoms with Crippen molar-refractivity contribution in [3.05, 3.63) is 113 Å². The maximum absolute atomic E-state index is 13.5. The summed E-state index contributed by atoms with van der Waals surface area (Å²) in [5, 5.41) is 22.5. The van der Waals surface area contributed by atoms with Crippen LogP contribution in [0.2, 0.25) is 0 Å². The van der Waals surface area contributed by atoms with Gasteiger partial charge in [-0.3, -0.25) is 14.5 Å². The van der Waals surface area contributed by atoms with Crippen LogP contribution >= 0.6 is 0 Å². The Balaban J connectivity index is 1.73. The Labute approximate surface area is 214 Å². The molecule has 6 nitrogen and oxygen atoms in total. The number of nitrogens with zero attached hydrogens (tertiary/aromatic N) is 2. The Kier molecular flexibility index (Phi) is 6.44. The van der Waals surface area contributed by atoms with Crippen molar-refractivity contribution in [3.63, 3.8) is 0 Å². The Bertz CT molecular complexity index is 1580. The number of ether oxygens (including phenoxy) is 1. The van der Waals surface area contributed by atoms with Crippen LogP contribution in [0.5, 0.6) is 5.75 Å². The Morgan fingerprint density at radius 1 is 0.973 bits per heavy atom. The molecule has 4 aromatic rings. The van der Waals surface area contributed by atoms with E-state index in [-0.39, 0.29) is 11.3 Å². The van der Waals surface area contributed by atoms with E-state index < -0.39 is 17.7 Å². The molecule has 1 unspecified atom stereocenters. The molecular weight excluding hydrogens is 464 g/mol. The van der Waals surface area contributed by atoms with Crippen molar-refractivity contribution in [1.82, 2.24) is 0 Å². The summed E-state index contributed by atoms with van der Waals surface area (Å²) in [5.41, 5.74) is 1.97. The molecule has 1 atom stereocenters. The molecule has 1 aliphatic rings. The van der Waals surface area contributed by atoms with Crippen LogP contribution in [0.1, 0.15) is 36.1 Å². The van der Waals surface area contributed by atoms with E-state index in [1.165, 1.54) is 4.90 Å².